The number of nitrogens with one attached hydrogen (secondary N) is 1. The topological polar surface area (TPSA) is 73.3 Å². The normalized spacial score (nSPS) is 10.1. The van der Waals surface area contributed by atoms with Crippen molar-refractivity contribution >= 4 is 11.6 Å². The van der Waals surface area contributed by atoms with Crippen LogP contribution >= 0.6 is 0 Å². The molecular weight excluding hydrogens is 282 g/mol. The average Bonchev–Trinajstić information content (AvgIpc) is 2.51. The SMILES string of the molecule is CCOc1ncc(NC(=O)c2ccccc2C)c(OCC)n1. The van der Waals surface area contributed by atoms with E-state index in [0.717, 1.165) is 5.56 Å². The molecule has 1 aromatic heterocycles. The zero-order valence-corrected chi connectivity index (χ0v) is 12.9. The number of nitrogens with zero attached hydrogens (tertiary/aromatic N) is 2. The van der Waals surface area contributed by atoms with Gasteiger partial charge in [0.2, 0.25) is 5.88 Å². The van der Waals surface area contributed by atoms with Crippen LogP contribution in [0, 0.1) is 6.92 Å². The number of hydrogen-bond donors (Lipinski definition) is 1. The molecule has 0 radical (unpaired) electrons. The number of aromatic nitrogens is 2. The van der Waals surface area contributed by atoms with E-state index in [9.17, 15) is 4.79 Å². The maximum absolute atomic E-state index is 12.3. The molecule has 0 unspecified atom stereocenters. The molecular formula is C16H19N3O3. The van der Waals surface area contributed by atoms with Crippen molar-refractivity contribution in [1.82, 2.24) is 9.97 Å². The van der Waals surface area contributed by atoms with Crippen LogP contribution in [0.15, 0.2) is 30.5 Å². The minimum absolute atomic E-state index is 0.222. The maximum atomic E-state index is 12.3. The van der Waals surface area contributed by atoms with Crippen molar-refractivity contribution in [2.75, 3.05) is 18.5 Å². The number of hydrogen-bond acceptors (Lipinski definition) is 5. The van der Waals surface area contributed by atoms with Crippen molar-refractivity contribution in [3.8, 4) is 11.9 Å². The molecule has 2 rings (SSSR count). The minimum Gasteiger partial charge on any atom is -0.476 e. The Hall–Kier alpha value is -2.63. The molecule has 22 heavy (non-hydrogen) atoms. The monoisotopic (exact) mass is 301 g/mol. The van der Waals surface area contributed by atoms with Crippen molar-refractivity contribution in [3.05, 3.63) is 41.6 Å². The van der Waals surface area contributed by atoms with Crippen molar-refractivity contribution in [2.45, 2.75) is 20.8 Å². The van der Waals surface area contributed by atoms with Gasteiger partial charge in [-0.1, -0.05) is 18.2 Å². The molecule has 1 heterocycles. The van der Waals surface area contributed by atoms with E-state index in [4.69, 9.17) is 9.47 Å². The Labute approximate surface area is 129 Å². The smallest absolute Gasteiger partial charge is 0.319 e. The highest BCUT2D eigenvalue weighted by Crippen LogP contribution is 2.24. The molecule has 2 aromatic rings. The molecule has 0 fully saturated rings. The molecule has 1 aromatic carbocycles. The number of carbonyl (C=O) groups excluding carboxylic acids is 1. The van der Waals surface area contributed by atoms with E-state index in [1.807, 2.05) is 39.0 Å². The molecule has 6 heteroatoms. The quantitative estimate of drug-likeness (QED) is 0.888. The van der Waals surface area contributed by atoms with Gasteiger partial charge in [0.05, 0.1) is 19.4 Å². The summed E-state index contributed by atoms with van der Waals surface area (Å²) >= 11 is 0. The Morgan fingerprint density at radius 3 is 2.59 bits per heavy atom. The fourth-order valence-corrected chi connectivity index (χ4v) is 1.90. The predicted molar refractivity (Wildman–Crippen MR) is 83.5 cm³/mol. The Kier molecular flexibility index (Phi) is 5.30. The molecule has 0 bridgehead atoms. The first-order chi connectivity index (χ1) is 10.7. The number of benzene rings is 1. The Morgan fingerprint density at radius 2 is 1.91 bits per heavy atom. The third-order valence-corrected chi connectivity index (χ3v) is 2.92. The van der Waals surface area contributed by atoms with Gasteiger partial charge in [-0.15, -0.1) is 0 Å². The van der Waals surface area contributed by atoms with E-state index in [2.05, 4.69) is 15.3 Å². The zero-order valence-electron chi connectivity index (χ0n) is 12.9. The van der Waals surface area contributed by atoms with E-state index in [1.165, 1.54) is 6.20 Å². The van der Waals surface area contributed by atoms with Gasteiger partial charge < -0.3 is 14.8 Å². The van der Waals surface area contributed by atoms with Crippen LogP contribution < -0.4 is 14.8 Å². The number of rotatable bonds is 6. The van der Waals surface area contributed by atoms with E-state index in [-0.39, 0.29) is 11.9 Å². The standard InChI is InChI=1S/C16H19N3O3/c1-4-21-15-13(10-17-16(19-15)22-5-2)18-14(20)12-9-7-6-8-11(12)3/h6-10H,4-5H2,1-3H3,(H,18,20). The van der Waals surface area contributed by atoms with E-state index >= 15 is 0 Å². The molecule has 0 saturated carbocycles. The third-order valence-electron chi connectivity index (χ3n) is 2.92. The first-order valence-corrected chi connectivity index (χ1v) is 7.15. The van der Waals surface area contributed by atoms with Crippen LogP contribution in [0.1, 0.15) is 29.8 Å². The van der Waals surface area contributed by atoms with Crippen LogP contribution in [0.5, 0.6) is 11.9 Å². The highest BCUT2D eigenvalue weighted by molar-refractivity contribution is 6.05. The lowest BCUT2D eigenvalue weighted by molar-refractivity contribution is 0.102. The lowest BCUT2D eigenvalue weighted by Gasteiger charge is -2.12. The molecule has 0 saturated heterocycles. The summed E-state index contributed by atoms with van der Waals surface area (Å²) in [5, 5.41) is 2.78. The third kappa shape index (κ3) is 3.72. The summed E-state index contributed by atoms with van der Waals surface area (Å²) in [5.41, 5.74) is 1.90. The fourth-order valence-electron chi connectivity index (χ4n) is 1.90. The van der Waals surface area contributed by atoms with Gasteiger partial charge in [-0.25, -0.2) is 4.98 Å². The van der Waals surface area contributed by atoms with Gasteiger partial charge in [0.15, 0.2) is 0 Å². The molecule has 116 valence electrons. The second kappa shape index (κ2) is 7.40. The van der Waals surface area contributed by atoms with Crippen LogP contribution in [0.4, 0.5) is 5.69 Å². The van der Waals surface area contributed by atoms with Gasteiger partial charge in [-0.2, -0.15) is 4.98 Å². The summed E-state index contributed by atoms with van der Waals surface area (Å²) < 4.78 is 10.7. The zero-order chi connectivity index (χ0) is 15.9. The van der Waals surface area contributed by atoms with Crippen LogP contribution in [-0.2, 0) is 0 Å². The summed E-state index contributed by atoms with van der Waals surface area (Å²) in [6.45, 7) is 6.45. The Balaban J connectivity index is 2.24. The minimum atomic E-state index is -0.230. The first kappa shape index (κ1) is 15.8. The van der Waals surface area contributed by atoms with Gasteiger partial charge in [-0.3, -0.25) is 4.79 Å². The fraction of sp³-hybridized carbons (Fsp3) is 0.312. The average molecular weight is 301 g/mol. The molecule has 0 aliphatic carbocycles. The number of anilines is 1. The molecule has 0 aliphatic heterocycles. The van der Waals surface area contributed by atoms with Crippen LogP contribution in [0.25, 0.3) is 0 Å². The highest BCUT2D eigenvalue weighted by atomic mass is 16.5. The Morgan fingerprint density at radius 1 is 1.18 bits per heavy atom. The van der Waals surface area contributed by atoms with Crippen LogP contribution in [-0.4, -0.2) is 29.1 Å². The van der Waals surface area contributed by atoms with Gasteiger partial charge >= 0.3 is 6.01 Å². The number of aryl methyl sites for hydroxylation is 1. The molecule has 6 nitrogen and oxygen atoms in total. The number of carbonyl (C=O) groups is 1. The van der Waals surface area contributed by atoms with Crippen molar-refractivity contribution in [1.29, 1.82) is 0 Å². The summed E-state index contributed by atoms with van der Waals surface area (Å²) in [6.07, 6.45) is 1.49. The van der Waals surface area contributed by atoms with E-state index < -0.39 is 0 Å². The number of amides is 1. The van der Waals surface area contributed by atoms with Gasteiger partial charge in [0.25, 0.3) is 5.91 Å². The molecule has 0 spiro atoms. The molecule has 1 N–H and O–H groups in total. The largest absolute Gasteiger partial charge is 0.476 e. The molecule has 1 amide bonds. The molecule has 0 atom stereocenters. The first-order valence-electron chi connectivity index (χ1n) is 7.15. The highest BCUT2D eigenvalue weighted by Gasteiger charge is 2.14. The van der Waals surface area contributed by atoms with E-state index in [0.29, 0.717) is 30.3 Å². The summed E-state index contributed by atoms with van der Waals surface area (Å²) in [6, 6.07) is 7.57. The van der Waals surface area contributed by atoms with E-state index in [1.54, 1.807) is 6.07 Å². The lowest BCUT2D eigenvalue weighted by Crippen LogP contribution is -2.15. The summed E-state index contributed by atoms with van der Waals surface area (Å²) in [5.74, 6) is 0.0645. The van der Waals surface area contributed by atoms with Crippen molar-refractivity contribution < 1.29 is 14.3 Å². The summed E-state index contributed by atoms with van der Waals surface area (Å²) in [7, 11) is 0. The maximum Gasteiger partial charge on any atom is 0.319 e. The van der Waals surface area contributed by atoms with Crippen molar-refractivity contribution in [2.24, 2.45) is 0 Å². The van der Waals surface area contributed by atoms with Gasteiger partial charge in [0, 0.05) is 5.56 Å². The number of ether oxygens (including phenoxy) is 2. The molecule has 0 aliphatic rings. The van der Waals surface area contributed by atoms with Gasteiger partial charge in [-0.05, 0) is 32.4 Å². The second-order valence-corrected chi connectivity index (χ2v) is 4.51. The van der Waals surface area contributed by atoms with Crippen molar-refractivity contribution in [3.63, 3.8) is 0 Å². The van der Waals surface area contributed by atoms with Crippen LogP contribution in [0.3, 0.4) is 0 Å². The summed E-state index contributed by atoms with van der Waals surface area (Å²) in [4.78, 5) is 20.6. The predicted octanol–water partition coefficient (Wildman–Crippen LogP) is 2.83. The lowest BCUT2D eigenvalue weighted by atomic mass is 10.1. The van der Waals surface area contributed by atoms with Gasteiger partial charge in [0.1, 0.15) is 5.69 Å². The Bertz CT molecular complexity index is 659. The second-order valence-electron chi connectivity index (χ2n) is 4.51. The van der Waals surface area contributed by atoms with Crippen LogP contribution in [0.2, 0.25) is 0 Å².